The van der Waals surface area contributed by atoms with Gasteiger partial charge in [0.25, 0.3) is 0 Å². The van der Waals surface area contributed by atoms with Crippen molar-refractivity contribution in [1.29, 1.82) is 0 Å². The molecule has 0 spiro atoms. The number of nitrogens with zero attached hydrogens (tertiary/aromatic N) is 7. The van der Waals surface area contributed by atoms with Crippen molar-refractivity contribution >= 4 is 49.9 Å². The monoisotopic (exact) mass is 341 g/mol. The third kappa shape index (κ3) is 3.73. The quantitative estimate of drug-likeness (QED) is 0.143. The molecule has 1 heterocycles. The van der Waals surface area contributed by atoms with Crippen LogP contribution >= 0.6 is 33.4 Å². The second kappa shape index (κ2) is 7.09. The SMILES string of the molecule is [N-]=[N+]=Nc1ccccc1N=N/C(=C1/SSN=C1Cl)[N+](=O)[O-]. The molecule has 2 rings (SSSR count). The summed E-state index contributed by atoms with van der Waals surface area (Å²) >= 11 is 5.76. The minimum Gasteiger partial charge on any atom is -0.358 e. The molecular weight excluding hydrogens is 338 g/mol. The maximum absolute atomic E-state index is 11.0. The number of azo groups is 1. The van der Waals surface area contributed by atoms with Crippen molar-refractivity contribution < 1.29 is 4.92 Å². The first kappa shape index (κ1) is 15.3. The lowest BCUT2D eigenvalue weighted by Gasteiger charge is -1.96. The van der Waals surface area contributed by atoms with Crippen LogP contribution in [-0.2, 0) is 0 Å². The van der Waals surface area contributed by atoms with Gasteiger partial charge in [0, 0.05) is 4.91 Å². The fourth-order valence-corrected chi connectivity index (χ4v) is 3.46. The zero-order valence-corrected chi connectivity index (χ0v) is 12.3. The molecule has 1 aromatic carbocycles. The summed E-state index contributed by atoms with van der Waals surface area (Å²) in [5, 5.41) is 21.8. The van der Waals surface area contributed by atoms with Gasteiger partial charge in [-0.1, -0.05) is 34.9 Å². The van der Waals surface area contributed by atoms with Gasteiger partial charge in [-0.15, -0.1) is 0 Å². The number of halogens is 1. The van der Waals surface area contributed by atoms with Gasteiger partial charge in [-0.25, -0.2) is 0 Å². The first-order chi connectivity index (χ1) is 10.1. The molecule has 1 aliphatic heterocycles. The highest BCUT2D eigenvalue weighted by molar-refractivity contribution is 8.78. The van der Waals surface area contributed by atoms with Crippen molar-refractivity contribution in [1.82, 2.24) is 0 Å². The Hall–Kier alpha value is -2.07. The molecule has 0 radical (unpaired) electrons. The van der Waals surface area contributed by atoms with E-state index >= 15 is 0 Å². The molecule has 0 N–H and O–H groups in total. The highest BCUT2D eigenvalue weighted by Crippen LogP contribution is 2.42. The molecule has 1 aliphatic rings. The van der Waals surface area contributed by atoms with Crippen molar-refractivity contribution in [2.24, 2.45) is 19.7 Å². The summed E-state index contributed by atoms with van der Waals surface area (Å²) in [4.78, 5) is 13.1. The number of hydrogen-bond acceptors (Lipinski definition) is 8. The van der Waals surface area contributed by atoms with E-state index in [1.807, 2.05) is 0 Å². The number of benzene rings is 1. The number of azide groups is 1. The Labute approximate surface area is 130 Å². The predicted molar refractivity (Wildman–Crippen MR) is 82.3 cm³/mol. The van der Waals surface area contributed by atoms with E-state index in [4.69, 9.17) is 17.1 Å². The molecule has 0 aliphatic carbocycles. The molecular formula is C9H4ClN7O2S2. The molecule has 1 aromatic rings. The fourth-order valence-electron chi connectivity index (χ4n) is 1.24. The van der Waals surface area contributed by atoms with Crippen molar-refractivity contribution in [3.05, 3.63) is 55.5 Å². The van der Waals surface area contributed by atoms with Crippen LogP contribution in [0.3, 0.4) is 0 Å². The topological polar surface area (TPSA) is 129 Å². The van der Waals surface area contributed by atoms with Crippen LogP contribution in [0, 0.1) is 10.1 Å². The zero-order chi connectivity index (χ0) is 15.2. The lowest BCUT2D eigenvalue weighted by molar-refractivity contribution is -0.426. The molecule has 106 valence electrons. The first-order valence-corrected chi connectivity index (χ1v) is 7.64. The fraction of sp³-hybridized carbons (Fsp3) is 0. The smallest absolute Gasteiger partial charge is 0.358 e. The van der Waals surface area contributed by atoms with Gasteiger partial charge in [-0.2, -0.15) is 4.40 Å². The Bertz CT molecular complexity index is 727. The Morgan fingerprint density at radius 3 is 2.71 bits per heavy atom. The Morgan fingerprint density at radius 2 is 2.14 bits per heavy atom. The highest BCUT2D eigenvalue weighted by atomic mass is 35.5. The maximum Gasteiger partial charge on any atom is 0.408 e. The molecule has 12 heteroatoms. The Morgan fingerprint density at radius 1 is 1.43 bits per heavy atom. The zero-order valence-electron chi connectivity index (χ0n) is 9.95. The van der Waals surface area contributed by atoms with E-state index in [0.29, 0.717) is 0 Å². The molecule has 0 bridgehead atoms. The van der Waals surface area contributed by atoms with E-state index in [9.17, 15) is 10.1 Å². The second-order valence-electron chi connectivity index (χ2n) is 3.33. The van der Waals surface area contributed by atoms with Crippen LogP contribution < -0.4 is 0 Å². The van der Waals surface area contributed by atoms with Crippen molar-refractivity contribution in [3.63, 3.8) is 0 Å². The average Bonchev–Trinajstić information content (AvgIpc) is 2.87. The summed E-state index contributed by atoms with van der Waals surface area (Å²) in [6, 6.07) is 6.31. The number of allylic oxidation sites excluding steroid dienone is 1. The molecule has 0 amide bonds. The van der Waals surface area contributed by atoms with Crippen molar-refractivity contribution in [3.8, 4) is 0 Å². The number of rotatable bonds is 4. The molecule has 0 unspecified atom stereocenters. The van der Waals surface area contributed by atoms with Crippen LogP contribution in [0.15, 0.2) is 54.7 Å². The van der Waals surface area contributed by atoms with Gasteiger partial charge in [-0.3, -0.25) is 0 Å². The van der Waals surface area contributed by atoms with Crippen LogP contribution in [0.1, 0.15) is 0 Å². The Balaban J connectivity index is 2.41. The van der Waals surface area contributed by atoms with Crippen LogP contribution in [-0.4, -0.2) is 10.1 Å². The van der Waals surface area contributed by atoms with Gasteiger partial charge >= 0.3 is 5.82 Å². The third-order valence-electron chi connectivity index (χ3n) is 2.09. The number of nitro groups is 1. The average molecular weight is 342 g/mol. The van der Waals surface area contributed by atoms with E-state index in [0.717, 1.165) is 21.8 Å². The lowest BCUT2D eigenvalue weighted by Crippen LogP contribution is -2.01. The molecule has 9 nitrogen and oxygen atoms in total. The van der Waals surface area contributed by atoms with E-state index in [-0.39, 0.29) is 21.5 Å². The van der Waals surface area contributed by atoms with E-state index in [2.05, 4.69) is 24.7 Å². The standard InChI is InChI=1S/C9H4ClN7O2S2/c10-8-7(20-21-15-8)9(17(18)19)14-12-5-3-1-2-4-6(5)13-16-11/h1-4H/b9-7-,14-12?. The molecule has 0 atom stereocenters. The second-order valence-corrected chi connectivity index (χ2v) is 5.54. The van der Waals surface area contributed by atoms with Gasteiger partial charge in [0.15, 0.2) is 10.1 Å². The molecule has 0 saturated heterocycles. The van der Waals surface area contributed by atoms with Crippen molar-refractivity contribution in [2.45, 2.75) is 0 Å². The van der Waals surface area contributed by atoms with Crippen LogP contribution in [0.25, 0.3) is 10.4 Å². The van der Waals surface area contributed by atoms with Crippen LogP contribution in [0.4, 0.5) is 11.4 Å². The normalized spacial score (nSPS) is 16.5. The molecule has 0 saturated carbocycles. The molecule has 21 heavy (non-hydrogen) atoms. The third-order valence-corrected chi connectivity index (χ3v) is 4.40. The largest absolute Gasteiger partial charge is 0.408 e. The summed E-state index contributed by atoms with van der Waals surface area (Å²) in [5.74, 6) is -0.519. The van der Waals surface area contributed by atoms with Crippen molar-refractivity contribution in [2.75, 3.05) is 0 Å². The summed E-state index contributed by atoms with van der Waals surface area (Å²) in [6.07, 6.45) is 0. The minimum absolute atomic E-state index is 0.000944. The molecule has 0 fully saturated rings. The van der Waals surface area contributed by atoms with Crippen LogP contribution in [0.2, 0.25) is 0 Å². The van der Waals surface area contributed by atoms with Crippen LogP contribution in [0.5, 0.6) is 0 Å². The first-order valence-electron chi connectivity index (χ1n) is 5.15. The number of hydrogen-bond donors (Lipinski definition) is 0. The van der Waals surface area contributed by atoms with Gasteiger partial charge in [0.1, 0.15) is 5.69 Å². The van der Waals surface area contributed by atoms with Gasteiger partial charge in [0.05, 0.1) is 21.8 Å². The van der Waals surface area contributed by atoms with Gasteiger partial charge in [-0.05, 0) is 32.4 Å². The Kier molecular flexibility index (Phi) is 5.17. The predicted octanol–water partition coefficient (Wildman–Crippen LogP) is 5.11. The lowest BCUT2D eigenvalue weighted by atomic mass is 10.3. The summed E-state index contributed by atoms with van der Waals surface area (Å²) in [5.41, 5.74) is 8.87. The molecule has 0 aromatic heterocycles. The van der Waals surface area contributed by atoms with E-state index in [1.165, 1.54) is 12.1 Å². The highest BCUT2D eigenvalue weighted by Gasteiger charge is 2.27. The summed E-state index contributed by atoms with van der Waals surface area (Å²) < 4.78 is 3.75. The summed E-state index contributed by atoms with van der Waals surface area (Å²) in [6.45, 7) is 0. The summed E-state index contributed by atoms with van der Waals surface area (Å²) in [7, 11) is 2.03. The maximum atomic E-state index is 11.0. The minimum atomic E-state index is -0.703. The van der Waals surface area contributed by atoms with E-state index in [1.54, 1.807) is 12.1 Å². The van der Waals surface area contributed by atoms with Gasteiger partial charge < -0.3 is 10.1 Å². The van der Waals surface area contributed by atoms with E-state index < -0.39 is 10.7 Å². The van der Waals surface area contributed by atoms with Gasteiger partial charge in [0.2, 0.25) is 0 Å².